The van der Waals surface area contributed by atoms with Gasteiger partial charge < -0.3 is 4.90 Å². The second-order valence-electron chi connectivity index (χ2n) is 4.48. The number of aromatic amines is 1. The van der Waals surface area contributed by atoms with Gasteiger partial charge in [-0.3, -0.25) is 9.89 Å². The number of halogens is 3. The lowest BCUT2D eigenvalue weighted by Crippen LogP contribution is -2.45. The van der Waals surface area contributed by atoms with Crippen molar-refractivity contribution < 1.29 is 18.0 Å². The number of carbonyl (C=O) groups is 1. The second-order valence-corrected chi connectivity index (χ2v) is 4.48. The predicted molar refractivity (Wildman–Crippen MR) is 67.2 cm³/mol. The molecule has 20 heavy (non-hydrogen) atoms. The maximum atomic E-state index is 12.6. The number of aryl methyl sites for hydroxylation is 1. The molecule has 0 aromatic carbocycles. The van der Waals surface area contributed by atoms with Crippen LogP contribution in [0.4, 0.5) is 13.2 Å². The molecular formula is C12H19F3N4O. The molecule has 0 unspecified atom stereocenters. The lowest BCUT2D eigenvalue weighted by molar-refractivity contribution is -0.145. The van der Waals surface area contributed by atoms with E-state index in [9.17, 15) is 18.0 Å². The van der Waals surface area contributed by atoms with Crippen molar-refractivity contribution in [3.05, 3.63) is 11.6 Å². The number of H-pyrrole nitrogens is 1. The Kier molecular flexibility index (Phi) is 5.52. The van der Waals surface area contributed by atoms with E-state index in [0.29, 0.717) is 25.1 Å². The molecule has 0 saturated heterocycles. The fraction of sp³-hybridized carbons (Fsp3) is 0.750. The van der Waals surface area contributed by atoms with Crippen LogP contribution in [-0.4, -0.2) is 44.8 Å². The van der Waals surface area contributed by atoms with Crippen LogP contribution in [-0.2, 0) is 6.42 Å². The minimum absolute atomic E-state index is 0.210. The van der Waals surface area contributed by atoms with Crippen LogP contribution in [0.5, 0.6) is 0 Å². The minimum atomic E-state index is -4.44. The molecule has 1 rings (SSSR count). The second kappa shape index (κ2) is 6.71. The smallest absolute Gasteiger partial charge is 0.324 e. The molecule has 1 N–H and O–H groups in total. The molecule has 0 fully saturated rings. The lowest BCUT2D eigenvalue weighted by atomic mass is 10.1. The van der Waals surface area contributed by atoms with E-state index in [-0.39, 0.29) is 5.82 Å². The van der Waals surface area contributed by atoms with Gasteiger partial charge in [-0.05, 0) is 12.8 Å². The zero-order chi connectivity index (χ0) is 15.3. The van der Waals surface area contributed by atoms with E-state index in [0.717, 1.165) is 4.90 Å². The molecular weight excluding hydrogens is 273 g/mol. The molecule has 0 aliphatic rings. The molecule has 0 aliphatic heterocycles. The summed E-state index contributed by atoms with van der Waals surface area (Å²) in [6.45, 7) is 4.03. The van der Waals surface area contributed by atoms with E-state index in [1.165, 1.54) is 0 Å². The molecule has 114 valence electrons. The summed E-state index contributed by atoms with van der Waals surface area (Å²) < 4.78 is 37.9. The van der Waals surface area contributed by atoms with Crippen molar-refractivity contribution in [2.24, 2.45) is 0 Å². The monoisotopic (exact) mass is 292 g/mol. The van der Waals surface area contributed by atoms with E-state index >= 15 is 0 Å². The van der Waals surface area contributed by atoms with E-state index in [1.807, 2.05) is 6.92 Å². The molecule has 0 atom stereocenters. The number of alkyl halides is 3. The number of nitrogens with one attached hydrogen (secondary N) is 1. The highest BCUT2D eigenvalue weighted by Gasteiger charge is 2.37. The maximum absolute atomic E-state index is 12.6. The fourth-order valence-corrected chi connectivity index (χ4v) is 1.97. The van der Waals surface area contributed by atoms with Crippen LogP contribution in [0, 0.1) is 0 Å². The number of aromatic nitrogens is 3. The highest BCUT2D eigenvalue weighted by molar-refractivity contribution is 5.90. The maximum Gasteiger partial charge on any atom is 0.406 e. The first-order valence-electron chi connectivity index (χ1n) is 6.61. The van der Waals surface area contributed by atoms with Gasteiger partial charge in [-0.1, -0.05) is 20.8 Å². The van der Waals surface area contributed by atoms with Crippen LogP contribution in [0.1, 0.15) is 50.1 Å². The third kappa shape index (κ3) is 4.21. The summed E-state index contributed by atoms with van der Waals surface area (Å²) >= 11 is 0. The zero-order valence-corrected chi connectivity index (χ0v) is 11.8. The summed E-state index contributed by atoms with van der Waals surface area (Å²) in [5.74, 6) is -0.519. The summed E-state index contributed by atoms with van der Waals surface area (Å²) in [7, 11) is 0. The van der Waals surface area contributed by atoms with Gasteiger partial charge in [0.1, 0.15) is 12.4 Å². The molecule has 0 spiro atoms. The van der Waals surface area contributed by atoms with E-state index in [1.54, 1.807) is 13.8 Å². The van der Waals surface area contributed by atoms with E-state index in [4.69, 9.17) is 0 Å². The zero-order valence-electron chi connectivity index (χ0n) is 11.8. The number of hydrogen-bond acceptors (Lipinski definition) is 3. The average molecular weight is 292 g/mol. The number of rotatable bonds is 6. The molecule has 1 aromatic rings. The Balaban J connectivity index is 2.99. The van der Waals surface area contributed by atoms with E-state index in [2.05, 4.69) is 15.2 Å². The molecule has 8 heteroatoms. The van der Waals surface area contributed by atoms with Crippen molar-refractivity contribution in [1.82, 2.24) is 20.1 Å². The van der Waals surface area contributed by atoms with Gasteiger partial charge in [0.05, 0.1) is 0 Å². The molecule has 0 aliphatic carbocycles. The molecule has 1 aromatic heterocycles. The van der Waals surface area contributed by atoms with Crippen LogP contribution < -0.4 is 0 Å². The van der Waals surface area contributed by atoms with Gasteiger partial charge >= 0.3 is 6.18 Å². The number of carbonyl (C=O) groups excluding carboxylic acids is 1. The third-order valence-electron chi connectivity index (χ3n) is 3.05. The van der Waals surface area contributed by atoms with Gasteiger partial charge in [0.25, 0.3) is 5.91 Å². The Hall–Kier alpha value is -1.60. The van der Waals surface area contributed by atoms with Gasteiger partial charge in [0, 0.05) is 12.5 Å². The largest absolute Gasteiger partial charge is 0.406 e. The first-order chi connectivity index (χ1) is 9.32. The Bertz CT molecular complexity index is 440. The fourth-order valence-electron chi connectivity index (χ4n) is 1.97. The molecule has 0 saturated carbocycles. The minimum Gasteiger partial charge on any atom is -0.324 e. The van der Waals surface area contributed by atoms with Crippen LogP contribution in [0.15, 0.2) is 0 Å². The highest BCUT2D eigenvalue weighted by atomic mass is 19.4. The first-order valence-corrected chi connectivity index (χ1v) is 6.61. The SMILES string of the molecule is CCc1nc(C(=O)N(CC(F)(F)F)C(CC)CC)n[nH]1. The van der Waals surface area contributed by atoms with Crippen LogP contribution >= 0.6 is 0 Å². The molecule has 5 nitrogen and oxygen atoms in total. The summed E-state index contributed by atoms with van der Waals surface area (Å²) in [6, 6.07) is -0.479. The molecule has 1 amide bonds. The Morgan fingerprint density at radius 2 is 1.90 bits per heavy atom. The van der Waals surface area contributed by atoms with Crippen molar-refractivity contribution in [3.8, 4) is 0 Å². The van der Waals surface area contributed by atoms with Gasteiger partial charge in [0.2, 0.25) is 5.82 Å². The van der Waals surface area contributed by atoms with Crippen LogP contribution in [0.3, 0.4) is 0 Å². The average Bonchev–Trinajstić information content (AvgIpc) is 2.85. The van der Waals surface area contributed by atoms with Gasteiger partial charge in [-0.15, -0.1) is 5.10 Å². The number of nitrogens with zero attached hydrogens (tertiary/aromatic N) is 3. The normalized spacial score (nSPS) is 11.9. The van der Waals surface area contributed by atoms with Crippen molar-refractivity contribution in [3.63, 3.8) is 0 Å². The quantitative estimate of drug-likeness (QED) is 0.876. The van der Waals surface area contributed by atoms with E-state index < -0.39 is 24.7 Å². The summed E-state index contributed by atoms with van der Waals surface area (Å²) in [6.07, 6.45) is -3.01. The number of amides is 1. The summed E-state index contributed by atoms with van der Waals surface area (Å²) in [5.41, 5.74) is 0. The van der Waals surface area contributed by atoms with Crippen molar-refractivity contribution in [1.29, 1.82) is 0 Å². The topological polar surface area (TPSA) is 61.9 Å². The van der Waals surface area contributed by atoms with Crippen molar-refractivity contribution in [2.45, 2.75) is 52.3 Å². The van der Waals surface area contributed by atoms with Crippen LogP contribution in [0.2, 0.25) is 0 Å². The standard InChI is InChI=1S/C12H19F3N4O/c1-4-8(5-2)19(7-12(13,14)15)11(20)10-16-9(6-3)17-18-10/h8H,4-7H2,1-3H3,(H,16,17,18). The highest BCUT2D eigenvalue weighted by Crippen LogP contribution is 2.21. The van der Waals surface area contributed by atoms with Crippen molar-refractivity contribution in [2.75, 3.05) is 6.54 Å². The number of hydrogen-bond donors (Lipinski definition) is 1. The Morgan fingerprint density at radius 3 is 2.30 bits per heavy atom. The lowest BCUT2D eigenvalue weighted by Gasteiger charge is -2.30. The Labute approximate surface area is 115 Å². The predicted octanol–water partition coefficient (Wildman–Crippen LogP) is 2.56. The molecule has 0 radical (unpaired) electrons. The van der Waals surface area contributed by atoms with Gasteiger partial charge in [-0.2, -0.15) is 13.2 Å². The first kappa shape index (κ1) is 16.5. The Morgan fingerprint density at radius 1 is 1.30 bits per heavy atom. The molecule has 1 heterocycles. The molecule has 0 bridgehead atoms. The van der Waals surface area contributed by atoms with Crippen LogP contribution in [0.25, 0.3) is 0 Å². The van der Waals surface area contributed by atoms with Crippen molar-refractivity contribution >= 4 is 5.91 Å². The summed E-state index contributed by atoms with van der Waals surface area (Å²) in [5, 5.41) is 6.23. The summed E-state index contributed by atoms with van der Waals surface area (Å²) in [4.78, 5) is 16.9. The van der Waals surface area contributed by atoms with Gasteiger partial charge in [-0.25, -0.2) is 4.98 Å². The van der Waals surface area contributed by atoms with Gasteiger partial charge in [0.15, 0.2) is 0 Å². The third-order valence-corrected chi connectivity index (χ3v) is 3.05.